The molecule has 2 heterocycles. The molecular weight excluding hydrogens is 895 g/mol. The van der Waals surface area contributed by atoms with Crippen molar-refractivity contribution in [3.8, 4) is 24.7 Å². The van der Waals surface area contributed by atoms with Crippen molar-refractivity contribution in [3.63, 3.8) is 0 Å². The van der Waals surface area contributed by atoms with Crippen molar-refractivity contribution >= 4 is 11.9 Å². The number of hydrogen-bond acceptors (Lipinski definition) is 10. The number of carbonyl (C=O) groups excluding carboxylic acids is 2. The van der Waals surface area contributed by atoms with Gasteiger partial charge in [0, 0.05) is 23.7 Å². The van der Waals surface area contributed by atoms with E-state index in [1.807, 2.05) is 41.5 Å². The molecule has 0 radical (unpaired) electrons. The fraction of sp³-hybridized carbons (Fsp3) is 0.621. The van der Waals surface area contributed by atoms with Gasteiger partial charge in [0.15, 0.2) is 0 Å². The lowest BCUT2D eigenvalue weighted by molar-refractivity contribution is -0.152. The van der Waals surface area contributed by atoms with E-state index in [0.29, 0.717) is 77.8 Å². The molecule has 2 aliphatic heterocycles. The first-order valence-corrected chi connectivity index (χ1v) is 25.1. The van der Waals surface area contributed by atoms with E-state index >= 15 is 0 Å². The number of carbonyl (C=O) groups is 2. The third-order valence-corrected chi connectivity index (χ3v) is 15.5. The maximum atomic E-state index is 13.0. The Hall–Kier alpha value is -4.40. The average molecular weight is 973 g/mol. The van der Waals surface area contributed by atoms with Crippen molar-refractivity contribution in [1.82, 2.24) is 0 Å². The molecule has 2 aromatic carbocycles. The number of ether oxygens (including phenoxy) is 4. The van der Waals surface area contributed by atoms with E-state index in [1.54, 1.807) is 24.3 Å². The van der Waals surface area contributed by atoms with Gasteiger partial charge in [-0.05, 0) is 153 Å². The summed E-state index contributed by atoms with van der Waals surface area (Å²) in [6.07, 6.45) is 18.1. The van der Waals surface area contributed by atoms with Crippen LogP contribution in [0, 0.1) is 83.7 Å². The Kier molecular flexibility index (Phi) is 19.7. The first kappa shape index (κ1) is 56.5. The van der Waals surface area contributed by atoms with Crippen LogP contribution in [0.2, 0.25) is 0 Å². The largest absolute Gasteiger partial charge is 0.459 e. The molecule has 6 rings (SSSR count). The molecular formula is C58H78F2O10. The van der Waals surface area contributed by atoms with Crippen molar-refractivity contribution in [3.05, 3.63) is 94.6 Å². The van der Waals surface area contributed by atoms with Crippen LogP contribution in [0.4, 0.5) is 8.78 Å². The van der Waals surface area contributed by atoms with Gasteiger partial charge in [-0.2, -0.15) is 0 Å². The summed E-state index contributed by atoms with van der Waals surface area (Å²) in [6.45, 7) is 17.7. The van der Waals surface area contributed by atoms with Crippen molar-refractivity contribution < 1.29 is 57.7 Å². The molecule has 0 aromatic heterocycles. The molecule has 4 N–H and O–H groups in total. The minimum absolute atomic E-state index is 0.00795. The molecule has 4 fully saturated rings. The van der Waals surface area contributed by atoms with E-state index in [-0.39, 0.29) is 60.1 Å². The maximum absolute atomic E-state index is 13.0. The maximum Gasteiger partial charge on any atom is 0.310 e. The Morgan fingerprint density at radius 3 is 1.34 bits per heavy atom. The number of benzene rings is 2. The molecule has 384 valence electrons. The third kappa shape index (κ3) is 14.8. The molecule has 2 saturated carbocycles. The van der Waals surface area contributed by atoms with Crippen LogP contribution in [0.15, 0.2) is 71.8 Å². The number of aliphatic hydroxyl groups is 4. The third-order valence-electron chi connectivity index (χ3n) is 15.5. The van der Waals surface area contributed by atoms with E-state index in [2.05, 4.69) is 37.8 Å². The first-order valence-electron chi connectivity index (χ1n) is 25.1. The van der Waals surface area contributed by atoms with E-state index < -0.39 is 58.3 Å². The van der Waals surface area contributed by atoms with Gasteiger partial charge in [-0.3, -0.25) is 9.59 Å². The van der Waals surface area contributed by atoms with Crippen LogP contribution in [0.1, 0.15) is 131 Å². The number of hydrogen-bond donors (Lipinski definition) is 4. The van der Waals surface area contributed by atoms with Crippen molar-refractivity contribution in [2.75, 3.05) is 13.2 Å². The van der Waals surface area contributed by atoms with Gasteiger partial charge >= 0.3 is 11.9 Å². The fourth-order valence-corrected chi connectivity index (χ4v) is 11.6. The molecule has 0 spiro atoms. The molecule has 70 heavy (non-hydrogen) atoms. The Balaban J connectivity index is 0.000000261. The smallest absolute Gasteiger partial charge is 0.310 e. The van der Waals surface area contributed by atoms with Crippen LogP contribution in [0.25, 0.3) is 0 Å². The second kappa shape index (κ2) is 24.3. The van der Waals surface area contributed by atoms with Crippen LogP contribution in [0.3, 0.4) is 0 Å². The zero-order valence-corrected chi connectivity index (χ0v) is 42.6. The summed E-state index contributed by atoms with van der Waals surface area (Å²) in [5, 5.41) is 44.7. The molecule has 2 aliphatic carbocycles. The summed E-state index contributed by atoms with van der Waals surface area (Å²) >= 11 is 0. The van der Waals surface area contributed by atoms with Gasteiger partial charge in [0.2, 0.25) is 0 Å². The van der Waals surface area contributed by atoms with Crippen molar-refractivity contribution in [2.24, 2.45) is 47.3 Å². The predicted octanol–water partition coefficient (Wildman–Crippen LogP) is 9.60. The van der Waals surface area contributed by atoms with E-state index in [4.69, 9.17) is 31.8 Å². The van der Waals surface area contributed by atoms with Gasteiger partial charge in [-0.1, -0.05) is 73.3 Å². The molecule has 0 amide bonds. The normalized spacial score (nSPS) is 30.1. The molecule has 12 atom stereocenters. The number of esters is 2. The van der Waals surface area contributed by atoms with E-state index in [1.165, 1.54) is 24.3 Å². The number of aliphatic hydroxyl groups excluding tert-OH is 2. The monoisotopic (exact) mass is 973 g/mol. The van der Waals surface area contributed by atoms with Crippen LogP contribution < -0.4 is 0 Å². The highest BCUT2D eigenvalue weighted by atomic mass is 19.1. The fourth-order valence-electron chi connectivity index (χ4n) is 11.6. The molecule has 0 unspecified atom stereocenters. The summed E-state index contributed by atoms with van der Waals surface area (Å²) in [4.78, 5) is 25.3. The SMILES string of the molecule is C#C[C@@H](O)[C@@H]1CC[C@@H]2[C@@H](C[C@@]1(O)CC/C(C)=C\[C@H](C)COCc1ccc(F)cc1)C(=O)OC2(C)C.C#C[C@@H](O)[C@@H]1CC[C@@H]2[C@@H](C[C@@]1(O)CC/C(C)=C\[C@H](C)COCc1ccc(F)cc1)C(=O)OC2(C)C. The van der Waals surface area contributed by atoms with Gasteiger partial charge in [0.05, 0.1) is 49.5 Å². The summed E-state index contributed by atoms with van der Waals surface area (Å²) in [6, 6.07) is 12.5. The number of cyclic esters (lactones) is 2. The average Bonchev–Trinajstić information content (AvgIpc) is 3.47. The second-order valence-electron chi connectivity index (χ2n) is 21.9. The Morgan fingerprint density at radius 2 is 1.01 bits per heavy atom. The molecule has 10 nitrogen and oxygen atoms in total. The highest BCUT2D eigenvalue weighted by Gasteiger charge is 2.58. The van der Waals surface area contributed by atoms with Gasteiger partial charge in [-0.25, -0.2) is 8.78 Å². The molecule has 4 aliphatic rings. The lowest BCUT2D eigenvalue weighted by Gasteiger charge is -2.37. The minimum atomic E-state index is -1.26. The van der Waals surface area contributed by atoms with Gasteiger partial charge in [0.25, 0.3) is 0 Å². The first-order chi connectivity index (χ1) is 32.9. The number of allylic oxidation sites excluding steroid dienone is 2. The summed E-state index contributed by atoms with van der Waals surface area (Å²) in [5.41, 5.74) is 0.334. The van der Waals surface area contributed by atoms with Crippen LogP contribution in [0.5, 0.6) is 0 Å². The lowest BCUT2D eigenvalue weighted by Crippen LogP contribution is -2.45. The number of fused-ring (bicyclic) bond motifs is 2. The molecule has 12 heteroatoms. The Labute approximate surface area is 415 Å². The Bertz CT molecular complexity index is 2050. The Morgan fingerprint density at radius 1 is 0.671 bits per heavy atom. The molecule has 2 aromatic rings. The quantitative estimate of drug-likeness (QED) is 0.0646. The number of rotatable bonds is 18. The summed E-state index contributed by atoms with van der Waals surface area (Å²) < 4.78 is 48.9. The second-order valence-corrected chi connectivity index (χ2v) is 21.9. The lowest BCUT2D eigenvalue weighted by atomic mass is 9.74. The summed E-state index contributed by atoms with van der Waals surface area (Å²) in [5.74, 6) is 2.24. The minimum Gasteiger partial charge on any atom is -0.459 e. The number of halogens is 2. The van der Waals surface area contributed by atoms with Crippen LogP contribution in [-0.2, 0) is 41.8 Å². The predicted molar refractivity (Wildman–Crippen MR) is 265 cm³/mol. The topological polar surface area (TPSA) is 152 Å². The zero-order valence-electron chi connectivity index (χ0n) is 42.6. The van der Waals surface area contributed by atoms with Crippen LogP contribution in [-0.4, -0.2) is 80.2 Å². The van der Waals surface area contributed by atoms with Gasteiger partial charge in [0.1, 0.15) is 35.0 Å². The summed E-state index contributed by atoms with van der Waals surface area (Å²) in [7, 11) is 0. The molecule has 2 saturated heterocycles. The number of terminal acetylenes is 2. The standard InChI is InChI=1S/2C29H39FO5/c2*1-6-26(31)25-12-11-24-23(27(32)35-28(24,4)5)16-29(25,33)14-13-19(2)15-20(3)17-34-18-21-7-9-22(30)10-8-21/h2*1,7-10,15,20,23-26,31,33H,11-14,16-18H2,2-5H3/b2*19-15-/t2*20-,23+,24+,25-,26+,29-/m00/s1. The highest BCUT2D eigenvalue weighted by molar-refractivity contribution is 5.76. The van der Waals surface area contributed by atoms with Crippen molar-refractivity contribution in [2.45, 2.75) is 167 Å². The van der Waals surface area contributed by atoms with Crippen molar-refractivity contribution in [1.29, 1.82) is 0 Å². The van der Waals surface area contributed by atoms with E-state index in [9.17, 15) is 38.8 Å². The van der Waals surface area contributed by atoms with E-state index in [0.717, 1.165) is 22.3 Å². The highest BCUT2D eigenvalue weighted by Crippen LogP contribution is 2.52. The van der Waals surface area contributed by atoms with Gasteiger partial charge < -0.3 is 39.4 Å². The van der Waals surface area contributed by atoms with Crippen LogP contribution >= 0.6 is 0 Å². The molecule has 0 bridgehead atoms. The zero-order chi connectivity index (χ0) is 51.6. The van der Waals surface area contributed by atoms with Gasteiger partial charge in [-0.15, -0.1) is 12.8 Å².